The SMILES string of the molecule is NC(N)=NCCC[C@H](NC(=O)[C@@H]1CCC2CCC[C@H](NC(=O)[C@@H](N)Cc3ccc(OP(=O)(O)O)cc3)C(=O)N21)C(=O)NCc1ccccc1. The van der Waals surface area contributed by atoms with Crippen molar-refractivity contribution in [3.63, 3.8) is 0 Å². The van der Waals surface area contributed by atoms with Crippen LogP contribution in [0.3, 0.4) is 0 Å². The van der Waals surface area contributed by atoms with Crippen LogP contribution in [0.4, 0.5) is 0 Å². The fourth-order valence-electron chi connectivity index (χ4n) is 6.15. The molecule has 0 spiro atoms. The molecule has 0 bridgehead atoms. The molecule has 2 aromatic carbocycles. The fourth-order valence-corrected chi connectivity index (χ4v) is 6.55. The Balaban J connectivity index is 1.38. The van der Waals surface area contributed by atoms with Gasteiger partial charge in [0.25, 0.3) is 0 Å². The molecule has 4 rings (SSSR count). The van der Waals surface area contributed by atoms with Gasteiger partial charge in [0.2, 0.25) is 23.6 Å². The van der Waals surface area contributed by atoms with Gasteiger partial charge in [0.15, 0.2) is 5.96 Å². The molecule has 266 valence electrons. The molecule has 0 aromatic heterocycles. The summed E-state index contributed by atoms with van der Waals surface area (Å²) in [6.07, 6.45) is 3.51. The minimum absolute atomic E-state index is 0.0389. The van der Waals surface area contributed by atoms with Crippen molar-refractivity contribution in [2.75, 3.05) is 6.54 Å². The van der Waals surface area contributed by atoms with E-state index in [-0.39, 0.29) is 55.5 Å². The van der Waals surface area contributed by atoms with E-state index in [2.05, 4.69) is 25.5 Å². The van der Waals surface area contributed by atoms with Crippen molar-refractivity contribution in [1.82, 2.24) is 20.9 Å². The minimum atomic E-state index is -4.71. The number of nitrogens with zero attached hydrogens (tertiary/aromatic N) is 2. The first-order valence-corrected chi connectivity index (χ1v) is 17.7. The van der Waals surface area contributed by atoms with Crippen LogP contribution in [0.1, 0.15) is 56.1 Å². The quantitative estimate of drug-likeness (QED) is 0.0527. The van der Waals surface area contributed by atoms with Gasteiger partial charge in [0, 0.05) is 19.1 Å². The van der Waals surface area contributed by atoms with Crippen LogP contribution in [0.15, 0.2) is 59.6 Å². The van der Waals surface area contributed by atoms with Crippen LogP contribution in [-0.4, -0.2) is 81.0 Å². The summed E-state index contributed by atoms with van der Waals surface area (Å²) in [5, 5.41) is 8.50. The molecule has 17 heteroatoms. The molecule has 49 heavy (non-hydrogen) atoms. The molecule has 2 saturated heterocycles. The number of phosphoric ester groups is 1. The van der Waals surface area contributed by atoms with E-state index in [1.165, 1.54) is 24.3 Å². The Labute approximate surface area is 284 Å². The van der Waals surface area contributed by atoms with Crippen LogP contribution in [0.2, 0.25) is 0 Å². The largest absolute Gasteiger partial charge is 0.524 e. The number of nitrogens with one attached hydrogen (secondary N) is 3. The maximum atomic E-state index is 13.9. The Hall–Kier alpha value is -4.50. The summed E-state index contributed by atoms with van der Waals surface area (Å²) in [4.78, 5) is 77.4. The number of nitrogens with two attached hydrogens (primary N) is 3. The summed E-state index contributed by atoms with van der Waals surface area (Å²) >= 11 is 0. The van der Waals surface area contributed by atoms with E-state index in [4.69, 9.17) is 27.0 Å². The number of hydrogen-bond donors (Lipinski definition) is 8. The third-order valence-electron chi connectivity index (χ3n) is 8.53. The first-order valence-electron chi connectivity index (χ1n) is 16.2. The van der Waals surface area contributed by atoms with Gasteiger partial charge in [-0.25, -0.2) is 4.57 Å². The van der Waals surface area contributed by atoms with E-state index in [1.807, 2.05) is 30.3 Å². The lowest BCUT2D eigenvalue weighted by atomic mass is 10.0. The summed E-state index contributed by atoms with van der Waals surface area (Å²) in [6.45, 7) is 0.548. The average molecular weight is 701 g/mol. The number of aliphatic imine (C=N–C) groups is 1. The molecule has 11 N–H and O–H groups in total. The van der Waals surface area contributed by atoms with Gasteiger partial charge < -0.3 is 42.6 Å². The second-order valence-corrected chi connectivity index (χ2v) is 13.4. The molecule has 2 fully saturated rings. The maximum Gasteiger partial charge on any atom is 0.524 e. The molecule has 0 aliphatic carbocycles. The van der Waals surface area contributed by atoms with Crippen LogP contribution in [0.25, 0.3) is 0 Å². The highest BCUT2D eigenvalue weighted by molar-refractivity contribution is 7.46. The summed E-state index contributed by atoms with van der Waals surface area (Å²) in [5.41, 5.74) is 18.5. The normalized spacial score (nSPS) is 20.3. The minimum Gasteiger partial charge on any atom is -0.404 e. The molecule has 1 unspecified atom stereocenters. The fraction of sp³-hybridized carbons (Fsp3) is 0.469. The molecule has 4 amide bonds. The standard InChI is InChI=1S/C32H45N8O8P/c33-24(18-20-11-14-23(15-12-20)48-49(45,46)47)28(41)39-26-9-4-8-22-13-16-27(40(22)31(26)44)30(43)38-25(10-5-17-36-32(34)35)29(42)37-19-21-6-2-1-3-7-21/h1-3,6-7,11-12,14-15,22,24-27H,4-5,8-10,13,16-19,33H2,(H,37,42)(H,38,43)(H,39,41)(H4,34,35,36)(H2,45,46,47)/t22?,24-,25-,26-,27-/m0/s1. The Morgan fingerprint density at radius 3 is 2.37 bits per heavy atom. The maximum absolute atomic E-state index is 13.9. The molecule has 2 aliphatic rings. The van der Waals surface area contributed by atoms with Gasteiger partial charge in [0.05, 0.1) is 6.04 Å². The molecule has 2 heterocycles. The number of carbonyl (C=O) groups excluding carboxylic acids is 4. The molecule has 5 atom stereocenters. The van der Waals surface area contributed by atoms with Gasteiger partial charge in [-0.05, 0) is 74.6 Å². The van der Waals surface area contributed by atoms with Crippen molar-refractivity contribution in [3.8, 4) is 5.75 Å². The summed E-state index contributed by atoms with van der Waals surface area (Å²) in [7, 11) is -4.71. The molecular formula is C32H45N8O8P. The van der Waals surface area contributed by atoms with Gasteiger partial charge in [0.1, 0.15) is 23.9 Å². The number of carbonyl (C=O) groups is 4. The number of hydrogen-bond acceptors (Lipinski definition) is 8. The lowest BCUT2D eigenvalue weighted by molar-refractivity contribution is -0.143. The highest BCUT2D eigenvalue weighted by Crippen LogP contribution is 2.37. The van der Waals surface area contributed by atoms with E-state index in [0.29, 0.717) is 44.1 Å². The van der Waals surface area contributed by atoms with E-state index in [1.54, 1.807) is 4.90 Å². The second-order valence-electron chi connectivity index (χ2n) is 12.2. The Bertz CT molecular complexity index is 1530. The number of rotatable bonds is 15. The summed E-state index contributed by atoms with van der Waals surface area (Å²) < 4.78 is 15.6. The molecule has 0 saturated carbocycles. The van der Waals surface area contributed by atoms with Crippen LogP contribution in [0.5, 0.6) is 5.75 Å². The van der Waals surface area contributed by atoms with E-state index in [0.717, 1.165) is 5.56 Å². The van der Waals surface area contributed by atoms with Crippen LogP contribution in [0, 0.1) is 0 Å². The van der Waals surface area contributed by atoms with E-state index >= 15 is 0 Å². The summed E-state index contributed by atoms with van der Waals surface area (Å²) in [6, 6.07) is 11.3. The van der Waals surface area contributed by atoms with Crippen LogP contribution in [-0.2, 0) is 36.7 Å². The summed E-state index contributed by atoms with van der Waals surface area (Å²) in [5.74, 6) is -1.86. The number of benzene rings is 2. The van der Waals surface area contributed by atoms with Crippen molar-refractivity contribution in [2.45, 2.75) is 88.1 Å². The van der Waals surface area contributed by atoms with E-state index < -0.39 is 43.8 Å². The van der Waals surface area contributed by atoms with Gasteiger partial charge in [-0.1, -0.05) is 42.5 Å². The number of amides is 4. The van der Waals surface area contributed by atoms with Crippen molar-refractivity contribution < 1.29 is 38.1 Å². The van der Waals surface area contributed by atoms with E-state index in [9.17, 15) is 23.7 Å². The van der Waals surface area contributed by atoms with Gasteiger partial charge in [-0.15, -0.1) is 0 Å². The molecular weight excluding hydrogens is 655 g/mol. The smallest absolute Gasteiger partial charge is 0.404 e. The topological polar surface area (TPSA) is 265 Å². The molecule has 2 aliphatic heterocycles. The third-order valence-corrected chi connectivity index (χ3v) is 8.98. The number of phosphoric acid groups is 1. The predicted octanol–water partition coefficient (Wildman–Crippen LogP) is -0.0890. The second kappa shape index (κ2) is 17.2. The Morgan fingerprint density at radius 1 is 0.980 bits per heavy atom. The van der Waals surface area contributed by atoms with Crippen LogP contribution >= 0.6 is 7.82 Å². The average Bonchev–Trinajstić information content (AvgIpc) is 3.42. The highest BCUT2D eigenvalue weighted by Gasteiger charge is 2.45. The molecule has 0 radical (unpaired) electrons. The van der Waals surface area contributed by atoms with Crippen molar-refractivity contribution >= 4 is 37.4 Å². The zero-order chi connectivity index (χ0) is 35.6. The predicted molar refractivity (Wildman–Crippen MR) is 180 cm³/mol. The Kier molecular flexibility index (Phi) is 13.1. The first-order chi connectivity index (χ1) is 23.3. The van der Waals surface area contributed by atoms with Crippen molar-refractivity contribution in [1.29, 1.82) is 0 Å². The van der Waals surface area contributed by atoms with Gasteiger partial charge in [-0.2, -0.15) is 0 Å². The van der Waals surface area contributed by atoms with Crippen molar-refractivity contribution in [3.05, 3.63) is 65.7 Å². The molecule has 2 aromatic rings. The number of fused-ring (bicyclic) bond motifs is 1. The third kappa shape index (κ3) is 11.3. The highest BCUT2D eigenvalue weighted by atomic mass is 31.2. The lowest BCUT2D eigenvalue weighted by Gasteiger charge is -2.31. The zero-order valence-electron chi connectivity index (χ0n) is 27.1. The molecule has 16 nitrogen and oxygen atoms in total. The lowest BCUT2D eigenvalue weighted by Crippen LogP contribution is -2.58. The van der Waals surface area contributed by atoms with Crippen molar-refractivity contribution in [2.24, 2.45) is 22.2 Å². The van der Waals surface area contributed by atoms with Crippen LogP contribution < -0.4 is 37.7 Å². The van der Waals surface area contributed by atoms with Gasteiger partial charge >= 0.3 is 7.82 Å². The number of guanidine groups is 1. The Morgan fingerprint density at radius 2 is 1.69 bits per heavy atom. The van der Waals surface area contributed by atoms with Gasteiger partial charge in [-0.3, -0.25) is 34.0 Å². The monoisotopic (exact) mass is 700 g/mol. The first kappa shape index (κ1) is 37.3. The zero-order valence-corrected chi connectivity index (χ0v) is 28.0.